The zero-order valence-electron chi connectivity index (χ0n) is 10.0. The summed E-state index contributed by atoms with van der Waals surface area (Å²) in [6.45, 7) is 1.81. The second kappa shape index (κ2) is 5.60. The lowest BCUT2D eigenvalue weighted by molar-refractivity contribution is 0.193. The molecule has 1 N–H and O–H groups in total. The van der Waals surface area contributed by atoms with Crippen LogP contribution in [0.4, 0.5) is 4.39 Å². The predicted octanol–water partition coefficient (Wildman–Crippen LogP) is 2.85. The number of pyridine rings is 1. The number of hydrogen-bond acceptors (Lipinski definition) is 3. The van der Waals surface area contributed by atoms with Gasteiger partial charge >= 0.3 is 0 Å². The van der Waals surface area contributed by atoms with Crippen molar-refractivity contribution < 1.29 is 14.2 Å². The van der Waals surface area contributed by atoms with Gasteiger partial charge in [-0.05, 0) is 31.2 Å². The lowest BCUT2D eigenvalue weighted by Crippen LogP contribution is -2.00. The highest BCUT2D eigenvalue weighted by Gasteiger charge is 2.09. The van der Waals surface area contributed by atoms with Crippen LogP contribution in [0.1, 0.15) is 24.3 Å². The summed E-state index contributed by atoms with van der Waals surface area (Å²) in [6.07, 6.45) is 0.852. The van der Waals surface area contributed by atoms with E-state index in [0.717, 1.165) is 5.69 Å². The molecule has 18 heavy (non-hydrogen) atoms. The molecule has 0 aliphatic carbocycles. The largest absolute Gasteiger partial charge is 0.487 e. The maximum absolute atomic E-state index is 13.6. The number of nitrogens with zero attached hydrogens (tertiary/aromatic N) is 1. The van der Waals surface area contributed by atoms with Gasteiger partial charge in [0.2, 0.25) is 0 Å². The van der Waals surface area contributed by atoms with Gasteiger partial charge in [0.05, 0.1) is 11.8 Å². The van der Waals surface area contributed by atoms with Crippen LogP contribution in [-0.4, -0.2) is 10.1 Å². The number of aliphatic hydroxyl groups excluding tert-OH is 1. The van der Waals surface area contributed by atoms with Crippen molar-refractivity contribution in [3.05, 3.63) is 59.7 Å². The molecule has 1 unspecified atom stereocenters. The van der Waals surface area contributed by atoms with Crippen molar-refractivity contribution >= 4 is 0 Å². The lowest BCUT2D eigenvalue weighted by atomic mass is 10.1. The lowest BCUT2D eigenvalue weighted by Gasteiger charge is -2.09. The van der Waals surface area contributed by atoms with Crippen LogP contribution >= 0.6 is 0 Å². The minimum atomic E-state index is -0.824. The van der Waals surface area contributed by atoms with Gasteiger partial charge in [0.15, 0.2) is 0 Å². The van der Waals surface area contributed by atoms with E-state index in [2.05, 4.69) is 4.98 Å². The molecule has 4 heteroatoms. The number of rotatable bonds is 4. The van der Waals surface area contributed by atoms with Gasteiger partial charge in [0, 0.05) is 17.8 Å². The fraction of sp³-hybridized carbons (Fsp3) is 0.214. The summed E-state index contributed by atoms with van der Waals surface area (Å²) in [7, 11) is 0. The highest BCUT2D eigenvalue weighted by Crippen LogP contribution is 2.22. The summed E-state index contributed by atoms with van der Waals surface area (Å²) in [5.74, 6) is -0.0499. The van der Waals surface area contributed by atoms with E-state index in [-0.39, 0.29) is 12.2 Å². The van der Waals surface area contributed by atoms with Gasteiger partial charge in [-0.3, -0.25) is 4.98 Å². The highest BCUT2D eigenvalue weighted by atomic mass is 19.1. The first-order valence-corrected chi connectivity index (χ1v) is 5.67. The standard InChI is InChI=1S/C14H14FNO2/c1-10(17)13-6-5-12(8-14(13)15)18-9-11-4-2-3-7-16-11/h2-8,10,17H,9H2,1H3. The molecule has 2 rings (SSSR count). The molecule has 94 valence electrons. The predicted molar refractivity (Wildman–Crippen MR) is 65.6 cm³/mol. The van der Waals surface area contributed by atoms with E-state index in [1.165, 1.54) is 19.1 Å². The first-order chi connectivity index (χ1) is 8.66. The molecule has 0 saturated heterocycles. The van der Waals surface area contributed by atoms with Crippen molar-refractivity contribution in [2.75, 3.05) is 0 Å². The molecule has 1 aromatic carbocycles. The van der Waals surface area contributed by atoms with Crippen molar-refractivity contribution in [2.24, 2.45) is 0 Å². The molecule has 0 radical (unpaired) electrons. The normalized spacial score (nSPS) is 12.2. The maximum Gasteiger partial charge on any atom is 0.132 e. The Labute approximate surface area is 105 Å². The minimum Gasteiger partial charge on any atom is -0.487 e. The van der Waals surface area contributed by atoms with Gasteiger partial charge in [-0.1, -0.05) is 6.07 Å². The Bertz CT molecular complexity index is 514. The molecule has 0 aliphatic rings. The first kappa shape index (κ1) is 12.5. The number of halogens is 1. The third-order valence-corrected chi connectivity index (χ3v) is 2.53. The summed E-state index contributed by atoms with van der Waals surface area (Å²) < 4.78 is 19.0. The van der Waals surface area contributed by atoms with Crippen LogP contribution in [0.15, 0.2) is 42.6 Å². The van der Waals surface area contributed by atoms with Gasteiger partial charge in [-0.2, -0.15) is 0 Å². The number of benzene rings is 1. The van der Waals surface area contributed by atoms with Crippen LogP contribution < -0.4 is 4.74 Å². The quantitative estimate of drug-likeness (QED) is 0.903. The van der Waals surface area contributed by atoms with Crippen LogP contribution in [0.3, 0.4) is 0 Å². The minimum absolute atomic E-state index is 0.264. The summed E-state index contributed by atoms with van der Waals surface area (Å²) in [5.41, 5.74) is 1.04. The summed E-state index contributed by atoms with van der Waals surface area (Å²) in [5, 5.41) is 9.31. The van der Waals surface area contributed by atoms with Crippen LogP contribution in [-0.2, 0) is 6.61 Å². The van der Waals surface area contributed by atoms with E-state index in [0.29, 0.717) is 5.75 Å². The SMILES string of the molecule is CC(O)c1ccc(OCc2ccccn2)cc1F. The molecule has 0 aliphatic heterocycles. The zero-order valence-corrected chi connectivity index (χ0v) is 10.0. The van der Waals surface area contributed by atoms with Crippen molar-refractivity contribution in [2.45, 2.75) is 19.6 Å². The average molecular weight is 247 g/mol. The molecule has 1 atom stereocenters. The molecular formula is C14H14FNO2. The number of aromatic nitrogens is 1. The Morgan fingerprint density at radius 1 is 1.33 bits per heavy atom. The Kier molecular flexibility index (Phi) is 3.89. The molecule has 0 fully saturated rings. The van der Waals surface area contributed by atoms with Gasteiger partial charge in [-0.15, -0.1) is 0 Å². The third-order valence-electron chi connectivity index (χ3n) is 2.53. The summed E-state index contributed by atoms with van der Waals surface area (Å²) in [4.78, 5) is 4.10. The maximum atomic E-state index is 13.6. The Morgan fingerprint density at radius 2 is 2.17 bits per heavy atom. The molecule has 0 bridgehead atoms. The fourth-order valence-corrected chi connectivity index (χ4v) is 1.58. The molecular weight excluding hydrogens is 233 g/mol. The monoisotopic (exact) mass is 247 g/mol. The summed E-state index contributed by atoms with van der Waals surface area (Å²) in [6, 6.07) is 9.94. The molecule has 1 aromatic heterocycles. The van der Waals surface area contributed by atoms with Gasteiger partial charge in [0.1, 0.15) is 18.2 Å². The molecule has 0 saturated carbocycles. The van der Waals surface area contributed by atoms with E-state index in [1.54, 1.807) is 12.3 Å². The molecule has 3 nitrogen and oxygen atoms in total. The van der Waals surface area contributed by atoms with Gasteiger partial charge < -0.3 is 9.84 Å². The van der Waals surface area contributed by atoms with Crippen molar-refractivity contribution in [1.29, 1.82) is 0 Å². The number of hydrogen-bond donors (Lipinski definition) is 1. The van der Waals surface area contributed by atoms with Crippen molar-refractivity contribution in [3.63, 3.8) is 0 Å². The average Bonchev–Trinajstić information content (AvgIpc) is 2.37. The van der Waals surface area contributed by atoms with Crippen molar-refractivity contribution in [3.8, 4) is 5.75 Å². The van der Waals surface area contributed by atoms with Crippen LogP contribution in [0, 0.1) is 5.82 Å². The van der Waals surface area contributed by atoms with E-state index in [9.17, 15) is 9.50 Å². The third kappa shape index (κ3) is 3.05. The smallest absolute Gasteiger partial charge is 0.132 e. The first-order valence-electron chi connectivity index (χ1n) is 5.67. The molecule has 0 spiro atoms. The zero-order chi connectivity index (χ0) is 13.0. The van der Waals surface area contributed by atoms with E-state index in [4.69, 9.17) is 4.74 Å². The second-order valence-corrected chi connectivity index (χ2v) is 3.97. The van der Waals surface area contributed by atoms with Crippen LogP contribution in [0.5, 0.6) is 5.75 Å². The summed E-state index contributed by atoms with van der Waals surface area (Å²) >= 11 is 0. The Hall–Kier alpha value is -1.94. The Morgan fingerprint density at radius 3 is 2.78 bits per heavy atom. The molecule has 2 aromatic rings. The number of aliphatic hydroxyl groups is 1. The number of ether oxygens (including phenoxy) is 1. The van der Waals surface area contributed by atoms with Gasteiger partial charge in [-0.25, -0.2) is 4.39 Å². The van der Waals surface area contributed by atoms with E-state index >= 15 is 0 Å². The Balaban J connectivity index is 2.05. The van der Waals surface area contributed by atoms with Gasteiger partial charge in [0.25, 0.3) is 0 Å². The van der Waals surface area contributed by atoms with Crippen LogP contribution in [0.25, 0.3) is 0 Å². The van der Waals surface area contributed by atoms with E-state index in [1.807, 2.05) is 18.2 Å². The molecule has 0 amide bonds. The highest BCUT2D eigenvalue weighted by molar-refractivity contribution is 5.30. The molecule has 1 heterocycles. The second-order valence-electron chi connectivity index (χ2n) is 3.97. The van der Waals surface area contributed by atoms with Crippen LogP contribution in [0.2, 0.25) is 0 Å². The van der Waals surface area contributed by atoms with Crippen molar-refractivity contribution in [1.82, 2.24) is 4.98 Å². The van der Waals surface area contributed by atoms with E-state index < -0.39 is 11.9 Å². The fourth-order valence-electron chi connectivity index (χ4n) is 1.58. The topological polar surface area (TPSA) is 42.4 Å².